The molecule has 2 heterocycles. The zero-order chi connectivity index (χ0) is 22.0. The summed E-state index contributed by atoms with van der Waals surface area (Å²) >= 11 is 1.48. The maximum absolute atomic E-state index is 13.3. The summed E-state index contributed by atoms with van der Waals surface area (Å²) in [5.74, 6) is 0.513. The van der Waals surface area contributed by atoms with Gasteiger partial charge in [0.05, 0.1) is 18.3 Å². The van der Waals surface area contributed by atoms with Crippen molar-refractivity contribution < 1.29 is 9.53 Å². The molecule has 4 aromatic rings. The highest BCUT2D eigenvalue weighted by Gasteiger charge is 2.18. The summed E-state index contributed by atoms with van der Waals surface area (Å²) < 4.78 is 6.88. The third kappa shape index (κ3) is 4.22. The number of benzene rings is 2. The van der Waals surface area contributed by atoms with Crippen molar-refractivity contribution >= 4 is 33.1 Å². The third-order valence-electron chi connectivity index (χ3n) is 5.04. The highest BCUT2D eigenvalue weighted by molar-refractivity contribution is 7.19. The molecule has 0 fully saturated rings. The van der Waals surface area contributed by atoms with Crippen LogP contribution in [0.15, 0.2) is 59.7 Å². The van der Waals surface area contributed by atoms with Gasteiger partial charge in [0, 0.05) is 16.1 Å². The minimum absolute atomic E-state index is 0.103. The molecule has 4 rings (SSSR count). The predicted molar refractivity (Wildman–Crippen MR) is 125 cm³/mol. The highest BCUT2D eigenvalue weighted by Crippen LogP contribution is 2.36. The number of amides is 1. The molecule has 0 aliphatic rings. The molecule has 1 N–H and O–H groups in total. The number of aromatic nitrogens is 2. The molecule has 0 aliphatic carbocycles. The number of aryl methyl sites for hydroxylation is 2. The van der Waals surface area contributed by atoms with Gasteiger partial charge in [0.2, 0.25) is 5.91 Å². The van der Waals surface area contributed by atoms with Crippen molar-refractivity contribution in [2.24, 2.45) is 0 Å². The molecule has 1 amide bonds. The molecule has 158 valence electrons. The van der Waals surface area contributed by atoms with Crippen molar-refractivity contribution in [1.82, 2.24) is 9.55 Å². The Balaban J connectivity index is 1.68. The van der Waals surface area contributed by atoms with E-state index in [1.54, 1.807) is 0 Å². The molecule has 0 unspecified atom stereocenters. The SMILES string of the molecule is CCOc1ccc(-c2c(C)sc3ncn(CC(=O)Nc4ccccc4C)c(=O)c23)cc1. The first-order valence-electron chi connectivity index (χ1n) is 10.0. The molecule has 7 heteroatoms. The number of thiophene rings is 1. The lowest BCUT2D eigenvalue weighted by Crippen LogP contribution is -2.28. The first-order chi connectivity index (χ1) is 15.0. The van der Waals surface area contributed by atoms with Crippen LogP contribution in [0.3, 0.4) is 0 Å². The van der Waals surface area contributed by atoms with E-state index in [2.05, 4.69) is 10.3 Å². The first-order valence-corrected chi connectivity index (χ1v) is 10.9. The quantitative estimate of drug-likeness (QED) is 0.475. The summed E-state index contributed by atoms with van der Waals surface area (Å²) in [6, 6.07) is 15.2. The molecule has 0 radical (unpaired) electrons. The zero-order valence-corrected chi connectivity index (χ0v) is 18.5. The van der Waals surface area contributed by atoms with Crippen LogP contribution in [-0.2, 0) is 11.3 Å². The molecule has 2 aromatic heterocycles. The first kappa shape index (κ1) is 20.8. The summed E-state index contributed by atoms with van der Waals surface area (Å²) in [6.45, 7) is 6.33. The molecule has 0 saturated heterocycles. The third-order valence-corrected chi connectivity index (χ3v) is 6.06. The minimum Gasteiger partial charge on any atom is -0.494 e. The summed E-state index contributed by atoms with van der Waals surface area (Å²) in [7, 11) is 0. The summed E-state index contributed by atoms with van der Waals surface area (Å²) in [5, 5.41) is 3.41. The van der Waals surface area contributed by atoms with E-state index in [4.69, 9.17) is 4.74 Å². The van der Waals surface area contributed by atoms with Crippen molar-refractivity contribution in [3.8, 4) is 16.9 Å². The van der Waals surface area contributed by atoms with Gasteiger partial charge in [-0.3, -0.25) is 14.2 Å². The van der Waals surface area contributed by atoms with Crippen LogP contribution >= 0.6 is 11.3 Å². The van der Waals surface area contributed by atoms with E-state index in [0.29, 0.717) is 16.8 Å². The van der Waals surface area contributed by atoms with E-state index in [0.717, 1.165) is 33.0 Å². The van der Waals surface area contributed by atoms with Crippen LogP contribution in [0, 0.1) is 13.8 Å². The molecule has 6 nitrogen and oxygen atoms in total. The monoisotopic (exact) mass is 433 g/mol. The van der Waals surface area contributed by atoms with Crippen molar-refractivity contribution in [1.29, 1.82) is 0 Å². The van der Waals surface area contributed by atoms with Gasteiger partial charge >= 0.3 is 0 Å². The Bertz CT molecular complexity index is 1310. The zero-order valence-electron chi connectivity index (χ0n) is 17.6. The van der Waals surface area contributed by atoms with Gasteiger partial charge in [-0.2, -0.15) is 0 Å². The van der Waals surface area contributed by atoms with Gasteiger partial charge in [-0.05, 0) is 50.1 Å². The average Bonchev–Trinajstić information content (AvgIpc) is 3.09. The molecular weight excluding hydrogens is 410 g/mol. The normalized spacial score (nSPS) is 10.9. The number of carbonyl (C=O) groups is 1. The predicted octanol–water partition coefficient (Wildman–Crippen LogP) is 4.78. The number of nitrogens with one attached hydrogen (secondary N) is 1. The van der Waals surface area contributed by atoms with Gasteiger partial charge < -0.3 is 10.1 Å². The molecule has 0 aliphatic heterocycles. The van der Waals surface area contributed by atoms with Crippen molar-refractivity contribution in [3.63, 3.8) is 0 Å². The second-order valence-corrected chi connectivity index (χ2v) is 8.41. The molecule has 0 bridgehead atoms. The number of rotatable bonds is 6. The van der Waals surface area contributed by atoms with Gasteiger partial charge in [0.15, 0.2) is 0 Å². The van der Waals surface area contributed by atoms with E-state index in [9.17, 15) is 9.59 Å². The lowest BCUT2D eigenvalue weighted by atomic mass is 10.0. The maximum atomic E-state index is 13.3. The van der Waals surface area contributed by atoms with Crippen LogP contribution in [-0.4, -0.2) is 22.1 Å². The Labute approximate surface area is 184 Å². The van der Waals surface area contributed by atoms with Crippen LogP contribution in [0.1, 0.15) is 17.4 Å². The highest BCUT2D eigenvalue weighted by atomic mass is 32.1. The van der Waals surface area contributed by atoms with Gasteiger partial charge in [-0.25, -0.2) is 4.98 Å². The number of para-hydroxylation sites is 1. The van der Waals surface area contributed by atoms with E-state index < -0.39 is 0 Å². The topological polar surface area (TPSA) is 73.2 Å². The van der Waals surface area contributed by atoms with Crippen molar-refractivity contribution in [2.75, 3.05) is 11.9 Å². The molecular formula is C24H23N3O3S. The van der Waals surface area contributed by atoms with Crippen LogP contribution < -0.4 is 15.6 Å². The van der Waals surface area contributed by atoms with Gasteiger partial charge in [-0.15, -0.1) is 11.3 Å². The molecule has 0 saturated carbocycles. The van der Waals surface area contributed by atoms with Crippen LogP contribution in [0.5, 0.6) is 5.75 Å². The lowest BCUT2D eigenvalue weighted by molar-refractivity contribution is -0.116. The second-order valence-electron chi connectivity index (χ2n) is 7.21. The smallest absolute Gasteiger partial charge is 0.263 e. The average molecular weight is 434 g/mol. The number of nitrogens with zero attached hydrogens (tertiary/aromatic N) is 2. The van der Waals surface area contributed by atoms with Gasteiger partial charge in [0.25, 0.3) is 5.56 Å². The molecule has 31 heavy (non-hydrogen) atoms. The summed E-state index contributed by atoms with van der Waals surface area (Å²) in [5.41, 5.74) is 3.25. The number of hydrogen-bond acceptors (Lipinski definition) is 5. The Morgan fingerprint density at radius 1 is 1.13 bits per heavy atom. The Morgan fingerprint density at radius 2 is 1.87 bits per heavy atom. The van der Waals surface area contributed by atoms with Crippen LogP contribution in [0.4, 0.5) is 5.69 Å². The molecule has 0 atom stereocenters. The number of fused-ring (bicyclic) bond motifs is 1. The molecule has 2 aromatic carbocycles. The van der Waals surface area contributed by atoms with Gasteiger partial charge in [0.1, 0.15) is 17.1 Å². The number of ether oxygens (including phenoxy) is 1. The summed E-state index contributed by atoms with van der Waals surface area (Å²) in [4.78, 5) is 32.0. The fraction of sp³-hybridized carbons (Fsp3) is 0.208. The fourth-order valence-electron chi connectivity index (χ4n) is 3.54. The minimum atomic E-state index is -0.271. The van der Waals surface area contributed by atoms with E-state index in [1.165, 1.54) is 22.2 Å². The summed E-state index contributed by atoms with van der Waals surface area (Å²) in [6.07, 6.45) is 1.44. The van der Waals surface area contributed by atoms with E-state index in [-0.39, 0.29) is 18.0 Å². The number of carbonyl (C=O) groups excluding carboxylic acids is 1. The lowest BCUT2D eigenvalue weighted by Gasteiger charge is -2.10. The van der Waals surface area contributed by atoms with Crippen LogP contribution in [0.2, 0.25) is 0 Å². The Hall–Kier alpha value is -3.45. The Kier molecular flexibility index (Phi) is 5.86. The fourth-order valence-corrected chi connectivity index (χ4v) is 4.54. The Morgan fingerprint density at radius 3 is 2.58 bits per heavy atom. The standard InChI is InChI=1S/C24H23N3O3S/c1-4-30-18-11-9-17(10-12-18)21-16(3)31-23-22(21)24(29)27(14-25-23)13-20(28)26-19-8-6-5-7-15(19)2/h5-12,14H,4,13H2,1-3H3,(H,26,28). The van der Waals surface area contributed by atoms with E-state index in [1.807, 2.05) is 69.3 Å². The van der Waals surface area contributed by atoms with Crippen molar-refractivity contribution in [3.05, 3.63) is 75.7 Å². The maximum Gasteiger partial charge on any atom is 0.263 e. The molecule has 0 spiro atoms. The largest absolute Gasteiger partial charge is 0.494 e. The van der Waals surface area contributed by atoms with Gasteiger partial charge in [-0.1, -0.05) is 30.3 Å². The van der Waals surface area contributed by atoms with Crippen molar-refractivity contribution in [2.45, 2.75) is 27.3 Å². The number of hydrogen-bond donors (Lipinski definition) is 1. The van der Waals surface area contributed by atoms with E-state index >= 15 is 0 Å². The number of anilines is 1. The second kappa shape index (κ2) is 8.73. The van der Waals surface area contributed by atoms with Crippen LogP contribution in [0.25, 0.3) is 21.3 Å².